The molecule has 1 atom stereocenters. The van der Waals surface area contributed by atoms with Gasteiger partial charge in [0.2, 0.25) is 0 Å². The molecule has 0 saturated carbocycles. The fourth-order valence-electron chi connectivity index (χ4n) is 0.771. The van der Waals surface area contributed by atoms with Crippen molar-refractivity contribution in [2.75, 3.05) is 6.61 Å². The molecule has 1 fully saturated rings. The predicted molar refractivity (Wildman–Crippen MR) is 48.7 cm³/mol. The van der Waals surface area contributed by atoms with E-state index in [2.05, 4.69) is 10.8 Å². The number of rotatable bonds is 5. The Balaban J connectivity index is 2.47. The van der Waals surface area contributed by atoms with Crippen molar-refractivity contribution in [3.8, 4) is 0 Å². The van der Waals surface area contributed by atoms with Crippen molar-refractivity contribution in [3.63, 3.8) is 0 Å². The molecule has 1 saturated heterocycles. The molecule has 0 aliphatic carbocycles. The van der Waals surface area contributed by atoms with Gasteiger partial charge < -0.3 is 8.92 Å². The molecule has 8 heteroatoms. The maximum absolute atomic E-state index is 11.9. The fraction of sp³-hybridized carbons (Fsp3) is 0.500. The van der Waals surface area contributed by atoms with E-state index in [4.69, 9.17) is 4.74 Å². The van der Waals surface area contributed by atoms with Crippen LogP contribution in [0.4, 0.5) is 13.2 Å². The summed E-state index contributed by atoms with van der Waals surface area (Å²) in [6.07, 6.45) is 3.04. The van der Waals surface area contributed by atoms with Crippen LogP contribution in [0.5, 0.6) is 0 Å². The summed E-state index contributed by atoms with van der Waals surface area (Å²) in [6.45, 7) is 3.64. The zero-order valence-electron chi connectivity index (χ0n) is 8.03. The molecule has 0 aromatic heterocycles. The molecule has 4 nitrogen and oxygen atoms in total. The van der Waals surface area contributed by atoms with Gasteiger partial charge in [-0.1, -0.05) is 12.7 Å². The molecule has 1 aliphatic heterocycles. The second-order valence-electron chi connectivity index (χ2n) is 3.04. The van der Waals surface area contributed by atoms with E-state index >= 15 is 0 Å². The van der Waals surface area contributed by atoms with Gasteiger partial charge in [-0.15, -0.1) is 0 Å². The summed E-state index contributed by atoms with van der Waals surface area (Å²) < 4.78 is 65.1. The van der Waals surface area contributed by atoms with Crippen molar-refractivity contribution in [1.29, 1.82) is 0 Å². The van der Waals surface area contributed by atoms with E-state index in [0.29, 0.717) is 13.0 Å². The molecule has 1 aliphatic rings. The van der Waals surface area contributed by atoms with E-state index in [0.717, 1.165) is 6.08 Å². The van der Waals surface area contributed by atoms with E-state index in [1.54, 1.807) is 0 Å². The van der Waals surface area contributed by atoms with E-state index in [-0.39, 0.29) is 6.10 Å². The Bertz CT molecular complexity index is 392. The van der Waals surface area contributed by atoms with Crippen LogP contribution in [0.3, 0.4) is 0 Å². The third-order valence-electron chi connectivity index (χ3n) is 1.61. The molecule has 0 amide bonds. The summed E-state index contributed by atoms with van der Waals surface area (Å²) in [7, 11) is -5.61. The topological polar surface area (TPSA) is 55.9 Å². The number of hydrogen-bond donors (Lipinski definition) is 0. The molecular formula is C8H9F3O4S. The van der Waals surface area contributed by atoms with Crippen LogP contribution in [0.15, 0.2) is 24.5 Å². The summed E-state index contributed by atoms with van der Waals surface area (Å²) in [5, 5.41) is 0. The Morgan fingerprint density at radius 2 is 2.12 bits per heavy atom. The Kier molecular flexibility index (Phi) is 3.64. The Morgan fingerprint density at radius 1 is 1.56 bits per heavy atom. The molecule has 0 bridgehead atoms. The molecule has 1 heterocycles. The van der Waals surface area contributed by atoms with Gasteiger partial charge in [0.05, 0.1) is 12.7 Å². The van der Waals surface area contributed by atoms with Gasteiger partial charge in [0.15, 0.2) is 0 Å². The van der Waals surface area contributed by atoms with Gasteiger partial charge in [0, 0.05) is 0 Å². The van der Waals surface area contributed by atoms with Crippen molar-refractivity contribution < 1.29 is 30.5 Å². The minimum Gasteiger partial charge on any atom is -0.377 e. The summed E-state index contributed by atoms with van der Waals surface area (Å²) in [4.78, 5) is 0. The third-order valence-corrected chi connectivity index (χ3v) is 2.61. The van der Waals surface area contributed by atoms with Gasteiger partial charge in [-0.3, -0.25) is 0 Å². The highest BCUT2D eigenvalue weighted by molar-refractivity contribution is 7.87. The van der Waals surface area contributed by atoms with Crippen LogP contribution in [-0.2, 0) is 19.0 Å². The first-order valence-electron chi connectivity index (χ1n) is 4.20. The largest absolute Gasteiger partial charge is 0.534 e. The zero-order valence-corrected chi connectivity index (χ0v) is 8.85. The molecule has 1 unspecified atom stereocenters. The first-order chi connectivity index (χ1) is 7.22. The summed E-state index contributed by atoms with van der Waals surface area (Å²) in [6, 6.07) is 0. The van der Waals surface area contributed by atoms with Crippen LogP contribution >= 0.6 is 0 Å². The van der Waals surface area contributed by atoms with E-state index in [1.807, 2.05) is 0 Å². The lowest BCUT2D eigenvalue weighted by Crippen LogP contribution is -2.24. The van der Waals surface area contributed by atoms with Gasteiger partial charge >= 0.3 is 15.6 Å². The van der Waals surface area contributed by atoms with Crippen LogP contribution in [0, 0.1) is 0 Å². The highest BCUT2D eigenvalue weighted by atomic mass is 32.2. The molecule has 1 rings (SSSR count). The normalized spacial score (nSPS) is 21.1. The molecule has 0 aromatic carbocycles. The fourth-order valence-corrected chi connectivity index (χ4v) is 1.20. The number of hydrogen-bond acceptors (Lipinski definition) is 4. The number of ether oxygens (including phenoxy) is 1. The van der Waals surface area contributed by atoms with Gasteiger partial charge in [0.1, 0.15) is 5.76 Å². The standard InChI is InChI=1S/C8H9F3O4S/c1-6(3-2-4-7-5-14-7)15-16(12,13)8(9,10)11/h2-3,7H,1,4-5H2/b3-2+. The van der Waals surface area contributed by atoms with Crippen molar-refractivity contribution in [2.24, 2.45) is 0 Å². The second-order valence-corrected chi connectivity index (χ2v) is 4.58. The average molecular weight is 258 g/mol. The maximum Gasteiger partial charge on any atom is 0.534 e. The van der Waals surface area contributed by atoms with Crippen LogP contribution in [0.2, 0.25) is 0 Å². The predicted octanol–water partition coefficient (Wildman–Crippen LogP) is 1.71. The highest BCUT2D eigenvalue weighted by Gasteiger charge is 2.48. The monoisotopic (exact) mass is 258 g/mol. The van der Waals surface area contributed by atoms with Gasteiger partial charge in [0.25, 0.3) is 0 Å². The van der Waals surface area contributed by atoms with Crippen LogP contribution in [0.1, 0.15) is 6.42 Å². The maximum atomic E-state index is 11.9. The number of alkyl halides is 3. The molecule has 0 radical (unpaired) electrons. The van der Waals surface area contributed by atoms with Gasteiger partial charge in [-0.05, 0) is 12.5 Å². The zero-order chi connectivity index (χ0) is 12.4. The van der Waals surface area contributed by atoms with Gasteiger partial charge in [-0.2, -0.15) is 21.6 Å². The highest BCUT2D eigenvalue weighted by Crippen LogP contribution is 2.26. The summed E-state index contributed by atoms with van der Waals surface area (Å²) in [5.41, 5.74) is -5.44. The Labute approximate surface area is 90.5 Å². The molecule has 0 N–H and O–H groups in total. The Hall–Kier alpha value is -1.02. The lowest BCUT2D eigenvalue weighted by Gasteiger charge is -2.08. The van der Waals surface area contributed by atoms with Crippen molar-refractivity contribution in [1.82, 2.24) is 0 Å². The number of allylic oxidation sites excluding steroid dienone is 1. The first kappa shape index (κ1) is 13.0. The summed E-state index contributed by atoms with van der Waals surface area (Å²) >= 11 is 0. The van der Waals surface area contributed by atoms with E-state index in [1.165, 1.54) is 6.08 Å². The van der Waals surface area contributed by atoms with Gasteiger partial charge in [-0.25, -0.2) is 0 Å². The second kappa shape index (κ2) is 4.46. The van der Waals surface area contributed by atoms with Crippen LogP contribution in [0.25, 0.3) is 0 Å². The molecular weight excluding hydrogens is 249 g/mol. The molecule has 92 valence electrons. The van der Waals surface area contributed by atoms with Crippen molar-refractivity contribution in [3.05, 3.63) is 24.5 Å². The quantitative estimate of drug-likeness (QED) is 0.248. The van der Waals surface area contributed by atoms with Crippen LogP contribution < -0.4 is 0 Å². The average Bonchev–Trinajstić information content (AvgIpc) is 2.84. The lowest BCUT2D eigenvalue weighted by molar-refractivity contribution is -0.0519. The first-order valence-corrected chi connectivity index (χ1v) is 5.61. The van der Waals surface area contributed by atoms with Crippen molar-refractivity contribution >= 4 is 10.1 Å². The lowest BCUT2D eigenvalue weighted by atomic mass is 10.3. The van der Waals surface area contributed by atoms with E-state index < -0.39 is 21.4 Å². The van der Waals surface area contributed by atoms with Crippen molar-refractivity contribution in [2.45, 2.75) is 18.0 Å². The smallest absolute Gasteiger partial charge is 0.377 e. The SMILES string of the molecule is C=C(/C=C/CC1CO1)OS(=O)(=O)C(F)(F)F. The molecule has 16 heavy (non-hydrogen) atoms. The number of epoxide rings is 1. The van der Waals surface area contributed by atoms with E-state index in [9.17, 15) is 21.6 Å². The minimum atomic E-state index is -5.61. The van der Waals surface area contributed by atoms with Crippen LogP contribution in [-0.4, -0.2) is 26.6 Å². The minimum absolute atomic E-state index is 0.0586. The summed E-state index contributed by atoms with van der Waals surface area (Å²) in [5.74, 6) is -0.585. The Morgan fingerprint density at radius 3 is 2.56 bits per heavy atom. The molecule has 0 spiro atoms. The third kappa shape index (κ3) is 3.86. The molecule has 0 aromatic rings. The number of halogens is 3.